The first-order valence-electron chi connectivity index (χ1n) is 6.42. The molecular formula is C16H17N3. The van der Waals surface area contributed by atoms with E-state index in [0.717, 1.165) is 22.7 Å². The molecule has 3 aromatic rings. The van der Waals surface area contributed by atoms with Gasteiger partial charge in [-0.2, -0.15) is 0 Å². The second-order valence-electron chi connectivity index (χ2n) is 5.03. The van der Waals surface area contributed by atoms with Crippen LogP contribution in [0.3, 0.4) is 0 Å². The number of aromatic amines is 1. The summed E-state index contributed by atoms with van der Waals surface area (Å²) in [4.78, 5) is 7.87. The average molecular weight is 251 g/mol. The van der Waals surface area contributed by atoms with Gasteiger partial charge in [0, 0.05) is 5.69 Å². The molecule has 0 aliphatic heterocycles. The molecule has 2 aromatic carbocycles. The van der Waals surface area contributed by atoms with Crippen LogP contribution in [0.25, 0.3) is 11.0 Å². The topological polar surface area (TPSA) is 40.7 Å². The van der Waals surface area contributed by atoms with Crippen molar-refractivity contribution in [1.29, 1.82) is 0 Å². The quantitative estimate of drug-likeness (QED) is 0.715. The second kappa shape index (κ2) is 4.43. The number of anilines is 2. The van der Waals surface area contributed by atoms with Gasteiger partial charge in [-0.15, -0.1) is 0 Å². The maximum absolute atomic E-state index is 4.57. The molecule has 96 valence electrons. The Hall–Kier alpha value is -2.29. The fourth-order valence-corrected chi connectivity index (χ4v) is 2.10. The summed E-state index contributed by atoms with van der Waals surface area (Å²) in [6, 6.07) is 12.5. The maximum atomic E-state index is 4.57. The number of H-pyrrole nitrogens is 1. The van der Waals surface area contributed by atoms with Crippen molar-refractivity contribution in [2.24, 2.45) is 0 Å². The predicted octanol–water partition coefficient (Wildman–Crippen LogP) is 4.23. The lowest BCUT2D eigenvalue weighted by atomic mass is 10.1. The van der Waals surface area contributed by atoms with Crippen LogP contribution in [0.2, 0.25) is 0 Å². The molecule has 0 bridgehead atoms. The third-order valence-corrected chi connectivity index (χ3v) is 3.41. The summed E-state index contributed by atoms with van der Waals surface area (Å²) < 4.78 is 0. The second-order valence-corrected chi connectivity index (χ2v) is 5.03. The molecule has 0 spiro atoms. The highest BCUT2D eigenvalue weighted by Gasteiger charge is 2.04. The zero-order chi connectivity index (χ0) is 13.4. The van der Waals surface area contributed by atoms with Gasteiger partial charge in [0.25, 0.3) is 0 Å². The SMILES string of the molecule is Cc1ccc(Nc2nc3cc(C)c(C)cc3[nH]2)cc1. The zero-order valence-corrected chi connectivity index (χ0v) is 11.4. The first-order valence-corrected chi connectivity index (χ1v) is 6.42. The van der Waals surface area contributed by atoms with Crippen LogP contribution in [0.4, 0.5) is 11.6 Å². The minimum absolute atomic E-state index is 0.781. The summed E-state index contributed by atoms with van der Waals surface area (Å²) in [6.07, 6.45) is 0. The Kier molecular flexibility index (Phi) is 2.75. The van der Waals surface area contributed by atoms with E-state index in [-0.39, 0.29) is 0 Å². The fourth-order valence-electron chi connectivity index (χ4n) is 2.10. The molecule has 3 heteroatoms. The summed E-state index contributed by atoms with van der Waals surface area (Å²) in [5.41, 5.74) is 6.90. The summed E-state index contributed by atoms with van der Waals surface area (Å²) in [5.74, 6) is 0.781. The van der Waals surface area contributed by atoms with Gasteiger partial charge in [-0.1, -0.05) is 17.7 Å². The van der Waals surface area contributed by atoms with E-state index in [1.165, 1.54) is 16.7 Å². The van der Waals surface area contributed by atoms with Gasteiger partial charge < -0.3 is 10.3 Å². The van der Waals surface area contributed by atoms with E-state index in [0.29, 0.717) is 0 Å². The summed E-state index contributed by atoms with van der Waals surface area (Å²) in [7, 11) is 0. The van der Waals surface area contributed by atoms with E-state index < -0.39 is 0 Å². The number of benzene rings is 2. The predicted molar refractivity (Wildman–Crippen MR) is 80.0 cm³/mol. The third-order valence-electron chi connectivity index (χ3n) is 3.41. The molecule has 0 aliphatic carbocycles. The first-order chi connectivity index (χ1) is 9.11. The molecule has 0 fully saturated rings. The molecule has 19 heavy (non-hydrogen) atoms. The van der Waals surface area contributed by atoms with Crippen LogP contribution in [0, 0.1) is 20.8 Å². The number of fused-ring (bicyclic) bond motifs is 1. The fraction of sp³-hybridized carbons (Fsp3) is 0.188. The van der Waals surface area contributed by atoms with Crippen LogP contribution < -0.4 is 5.32 Å². The number of hydrogen-bond donors (Lipinski definition) is 2. The average Bonchev–Trinajstić information content (AvgIpc) is 2.74. The Morgan fingerprint density at radius 3 is 2.37 bits per heavy atom. The lowest BCUT2D eigenvalue weighted by molar-refractivity contribution is 1.31. The van der Waals surface area contributed by atoms with Gasteiger partial charge in [0.2, 0.25) is 5.95 Å². The van der Waals surface area contributed by atoms with Crippen molar-refractivity contribution in [3.05, 3.63) is 53.1 Å². The van der Waals surface area contributed by atoms with Crippen molar-refractivity contribution >= 4 is 22.7 Å². The molecule has 2 N–H and O–H groups in total. The van der Waals surface area contributed by atoms with E-state index in [9.17, 15) is 0 Å². The standard InChI is InChI=1S/C16H17N3/c1-10-4-6-13(7-5-10)17-16-18-14-8-11(2)12(3)9-15(14)19-16/h4-9H,1-3H3,(H2,17,18,19). The molecule has 0 amide bonds. The lowest BCUT2D eigenvalue weighted by Crippen LogP contribution is -1.91. The van der Waals surface area contributed by atoms with Crippen LogP contribution in [0.1, 0.15) is 16.7 Å². The van der Waals surface area contributed by atoms with Gasteiger partial charge in [-0.3, -0.25) is 0 Å². The number of imidazole rings is 1. The minimum atomic E-state index is 0.781. The van der Waals surface area contributed by atoms with E-state index >= 15 is 0 Å². The first kappa shape index (κ1) is 11.8. The molecule has 3 rings (SSSR count). The van der Waals surface area contributed by atoms with Crippen LogP contribution >= 0.6 is 0 Å². The monoisotopic (exact) mass is 251 g/mol. The molecular weight excluding hydrogens is 234 g/mol. The van der Waals surface area contributed by atoms with E-state index in [1.54, 1.807) is 0 Å². The Bertz CT molecular complexity index is 685. The highest BCUT2D eigenvalue weighted by atomic mass is 15.1. The molecule has 0 radical (unpaired) electrons. The van der Waals surface area contributed by atoms with Crippen LogP contribution in [0.5, 0.6) is 0 Å². The number of nitrogens with one attached hydrogen (secondary N) is 2. The Morgan fingerprint density at radius 1 is 0.947 bits per heavy atom. The largest absolute Gasteiger partial charge is 0.326 e. The number of nitrogens with zero attached hydrogens (tertiary/aromatic N) is 1. The van der Waals surface area contributed by atoms with Gasteiger partial charge in [0.15, 0.2) is 0 Å². The number of rotatable bonds is 2. The molecule has 1 heterocycles. The molecule has 0 unspecified atom stereocenters. The number of aromatic nitrogens is 2. The van der Waals surface area contributed by atoms with Crippen molar-refractivity contribution < 1.29 is 0 Å². The summed E-state index contributed by atoms with van der Waals surface area (Å²) in [5, 5.41) is 3.29. The zero-order valence-electron chi connectivity index (χ0n) is 11.4. The molecule has 3 nitrogen and oxygen atoms in total. The van der Waals surface area contributed by atoms with Gasteiger partial charge in [-0.25, -0.2) is 4.98 Å². The van der Waals surface area contributed by atoms with E-state index in [1.807, 2.05) is 0 Å². The van der Waals surface area contributed by atoms with Gasteiger partial charge in [0.05, 0.1) is 11.0 Å². The molecule has 1 aromatic heterocycles. The number of aryl methyl sites for hydroxylation is 3. The van der Waals surface area contributed by atoms with Crippen molar-refractivity contribution in [3.8, 4) is 0 Å². The van der Waals surface area contributed by atoms with Crippen molar-refractivity contribution in [2.75, 3.05) is 5.32 Å². The van der Waals surface area contributed by atoms with Gasteiger partial charge in [-0.05, 0) is 56.2 Å². The Balaban J connectivity index is 1.95. The molecule has 0 aliphatic rings. The van der Waals surface area contributed by atoms with Crippen molar-refractivity contribution in [3.63, 3.8) is 0 Å². The summed E-state index contributed by atoms with van der Waals surface area (Å²) in [6.45, 7) is 6.30. The van der Waals surface area contributed by atoms with Crippen molar-refractivity contribution in [1.82, 2.24) is 9.97 Å². The highest BCUT2D eigenvalue weighted by molar-refractivity contribution is 5.80. The summed E-state index contributed by atoms with van der Waals surface area (Å²) >= 11 is 0. The van der Waals surface area contributed by atoms with E-state index in [4.69, 9.17) is 0 Å². The minimum Gasteiger partial charge on any atom is -0.326 e. The Morgan fingerprint density at radius 2 is 1.63 bits per heavy atom. The maximum Gasteiger partial charge on any atom is 0.205 e. The highest BCUT2D eigenvalue weighted by Crippen LogP contribution is 2.21. The van der Waals surface area contributed by atoms with Crippen molar-refractivity contribution in [2.45, 2.75) is 20.8 Å². The normalized spacial score (nSPS) is 10.9. The third kappa shape index (κ3) is 2.32. The van der Waals surface area contributed by atoms with Gasteiger partial charge in [0.1, 0.15) is 0 Å². The Labute approximate surface area is 112 Å². The molecule has 0 atom stereocenters. The van der Waals surface area contributed by atoms with Gasteiger partial charge >= 0.3 is 0 Å². The van der Waals surface area contributed by atoms with Crippen LogP contribution in [-0.4, -0.2) is 9.97 Å². The van der Waals surface area contributed by atoms with Crippen LogP contribution in [-0.2, 0) is 0 Å². The number of hydrogen-bond acceptors (Lipinski definition) is 2. The molecule has 0 saturated heterocycles. The van der Waals surface area contributed by atoms with Crippen LogP contribution in [0.15, 0.2) is 36.4 Å². The molecule has 0 saturated carbocycles. The van der Waals surface area contributed by atoms with E-state index in [2.05, 4.69) is 72.5 Å². The lowest BCUT2D eigenvalue weighted by Gasteiger charge is -2.02. The smallest absolute Gasteiger partial charge is 0.205 e.